The second-order valence-electron chi connectivity index (χ2n) is 4.88. The van der Waals surface area contributed by atoms with Crippen LogP contribution < -0.4 is 5.73 Å². The van der Waals surface area contributed by atoms with Crippen LogP contribution >= 0.6 is 0 Å². The molecule has 2 N–H and O–H groups in total. The molecule has 1 amide bonds. The number of rotatable bonds is 5. The molecule has 0 atom stereocenters. The third-order valence-corrected chi connectivity index (χ3v) is 2.78. The summed E-state index contributed by atoms with van der Waals surface area (Å²) < 4.78 is 0. The monoisotopic (exact) mass is 234 g/mol. The predicted molar refractivity (Wildman–Crippen MR) is 71.9 cm³/mol. The Hall–Kier alpha value is -1.51. The van der Waals surface area contributed by atoms with Crippen LogP contribution in [0.25, 0.3) is 0 Å². The summed E-state index contributed by atoms with van der Waals surface area (Å²) in [6.45, 7) is 5.20. The van der Waals surface area contributed by atoms with Gasteiger partial charge in [-0.1, -0.05) is 13.8 Å². The average Bonchev–Trinajstić information content (AvgIpc) is 2.28. The zero-order valence-electron chi connectivity index (χ0n) is 10.9. The normalized spacial score (nSPS) is 10.6. The highest BCUT2D eigenvalue weighted by Gasteiger charge is 2.10. The van der Waals surface area contributed by atoms with E-state index in [-0.39, 0.29) is 5.91 Å². The van der Waals surface area contributed by atoms with Crippen LogP contribution in [0.3, 0.4) is 0 Å². The van der Waals surface area contributed by atoms with Crippen LogP contribution in [0.2, 0.25) is 0 Å². The Bertz CT molecular complexity index is 357. The summed E-state index contributed by atoms with van der Waals surface area (Å²) in [7, 11) is 1.85. The SMILES string of the molecule is CC(C)CCCN(C)C(=O)c1ccc(N)cc1. The molecule has 0 aromatic heterocycles. The summed E-state index contributed by atoms with van der Waals surface area (Å²) >= 11 is 0. The van der Waals surface area contributed by atoms with E-state index in [9.17, 15) is 4.79 Å². The van der Waals surface area contributed by atoms with Gasteiger partial charge in [0.2, 0.25) is 0 Å². The third kappa shape index (κ3) is 4.47. The van der Waals surface area contributed by atoms with Gasteiger partial charge in [0.25, 0.3) is 5.91 Å². The predicted octanol–water partition coefficient (Wildman–Crippen LogP) is 2.78. The van der Waals surface area contributed by atoms with Crippen LogP contribution in [0.4, 0.5) is 5.69 Å². The lowest BCUT2D eigenvalue weighted by atomic mass is 10.1. The average molecular weight is 234 g/mol. The number of carbonyl (C=O) groups excluding carboxylic acids is 1. The van der Waals surface area contributed by atoms with Gasteiger partial charge in [0.15, 0.2) is 0 Å². The molecule has 0 aliphatic rings. The summed E-state index contributed by atoms with van der Waals surface area (Å²) in [5.74, 6) is 0.754. The van der Waals surface area contributed by atoms with E-state index in [2.05, 4.69) is 13.8 Å². The van der Waals surface area contributed by atoms with Crippen molar-refractivity contribution in [2.75, 3.05) is 19.3 Å². The molecule has 0 radical (unpaired) electrons. The van der Waals surface area contributed by atoms with Crippen molar-refractivity contribution in [1.29, 1.82) is 0 Å². The summed E-state index contributed by atoms with van der Waals surface area (Å²) in [6.07, 6.45) is 2.20. The molecule has 1 aromatic carbocycles. The van der Waals surface area contributed by atoms with E-state index in [4.69, 9.17) is 5.73 Å². The van der Waals surface area contributed by atoms with E-state index in [1.807, 2.05) is 7.05 Å². The standard InChI is InChI=1S/C14H22N2O/c1-11(2)5-4-10-16(3)14(17)12-6-8-13(15)9-7-12/h6-9,11H,4-5,10,15H2,1-3H3. The number of nitrogen functional groups attached to an aromatic ring is 1. The highest BCUT2D eigenvalue weighted by Crippen LogP contribution is 2.09. The fraction of sp³-hybridized carbons (Fsp3) is 0.500. The first kappa shape index (κ1) is 13.6. The van der Waals surface area contributed by atoms with E-state index < -0.39 is 0 Å². The van der Waals surface area contributed by atoms with Crippen LogP contribution in [0.5, 0.6) is 0 Å². The van der Waals surface area contributed by atoms with Gasteiger partial charge in [-0.15, -0.1) is 0 Å². The van der Waals surface area contributed by atoms with Crippen molar-refractivity contribution in [2.24, 2.45) is 5.92 Å². The quantitative estimate of drug-likeness (QED) is 0.796. The largest absolute Gasteiger partial charge is 0.399 e. The molecule has 17 heavy (non-hydrogen) atoms. The molecule has 1 aromatic rings. The van der Waals surface area contributed by atoms with Crippen LogP contribution in [0.1, 0.15) is 37.0 Å². The zero-order chi connectivity index (χ0) is 12.8. The summed E-state index contributed by atoms with van der Waals surface area (Å²) in [5, 5.41) is 0. The smallest absolute Gasteiger partial charge is 0.253 e. The maximum Gasteiger partial charge on any atom is 0.253 e. The fourth-order valence-corrected chi connectivity index (χ4v) is 1.68. The maximum absolute atomic E-state index is 12.0. The van der Waals surface area contributed by atoms with Crippen molar-refractivity contribution in [3.63, 3.8) is 0 Å². The molecular weight excluding hydrogens is 212 g/mol. The zero-order valence-corrected chi connectivity index (χ0v) is 10.9. The van der Waals surface area contributed by atoms with Gasteiger partial charge in [-0.25, -0.2) is 0 Å². The molecule has 0 aliphatic heterocycles. The number of hydrogen-bond donors (Lipinski definition) is 1. The minimum absolute atomic E-state index is 0.0637. The fourth-order valence-electron chi connectivity index (χ4n) is 1.68. The van der Waals surface area contributed by atoms with Crippen molar-refractivity contribution < 1.29 is 4.79 Å². The topological polar surface area (TPSA) is 46.3 Å². The van der Waals surface area contributed by atoms with Gasteiger partial charge in [-0.05, 0) is 43.0 Å². The number of amides is 1. The maximum atomic E-state index is 12.0. The van der Waals surface area contributed by atoms with E-state index in [1.54, 1.807) is 29.2 Å². The lowest BCUT2D eigenvalue weighted by molar-refractivity contribution is 0.0791. The molecule has 0 aliphatic carbocycles. The first-order valence-corrected chi connectivity index (χ1v) is 6.11. The van der Waals surface area contributed by atoms with Gasteiger partial charge < -0.3 is 10.6 Å². The van der Waals surface area contributed by atoms with Gasteiger partial charge >= 0.3 is 0 Å². The van der Waals surface area contributed by atoms with Crippen molar-refractivity contribution >= 4 is 11.6 Å². The summed E-state index contributed by atoms with van der Waals surface area (Å²) in [6, 6.07) is 7.07. The van der Waals surface area contributed by atoms with Crippen molar-refractivity contribution in [3.8, 4) is 0 Å². The number of hydrogen-bond acceptors (Lipinski definition) is 2. The number of benzene rings is 1. The molecule has 0 unspecified atom stereocenters. The van der Waals surface area contributed by atoms with E-state index in [0.29, 0.717) is 17.2 Å². The van der Waals surface area contributed by atoms with E-state index >= 15 is 0 Å². The summed E-state index contributed by atoms with van der Waals surface area (Å²) in [4.78, 5) is 13.8. The van der Waals surface area contributed by atoms with Gasteiger partial charge in [-0.3, -0.25) is 4.79 Å². The van der Waals surface area contributed by atoms with Gasteiger partial charge in [0.1, 0.15) is 0 Å². The van der Waals surface area contributed by atoms with Crippen LogP contribution in [0.15, 0.2) is 24.3 Å². The van der Waals surface area contributed by atoms with Gasteiger partial charge in [0, 0.05) is 24.8 Å². The summed E-state index contributed by atoms with van der Waals surface area (Å²) in [5.41, 5.74) is 6.98. The number of nitrogens with zero attached hydrogens (tertiary/aromatic N) is 1. The Morgan fingerprint density at radius 2 is 1.88 bits per heavy atom. The molecule has 0 saturated heterocycles. The van der Waals surface area contributed by atoms with Gasteiger partial charge in [-0.2, -0.15) is 0 Å². The number of nitrogens with two attached hydrogens (primary N) is 1. The first-order chi connectivity index (χ1) is 8.00. The Morgan fingerprint density at radius 1 is 1.29 bits per heavy atom. The van der Waals surface area contributed by atoms with Crippen molar-refractivity contribution in [2.45, 2.75) is 26.7 Å². The molecule has 3 heteroatoms. The van der Waals surface area contributed by atoms with E-state index in [1.165, 1.54) is 0 Å². The highest BCUT2D eigenvalue weighted by atomic mass is 16.2. The van der Waals surface area contributed by atoms with Crippen LogP contribution in [-0.2, 0) is 0 Å². The molecular formula is C14H22N2O. The number of carbonyl (C=O) groups is 1. The van der Waals surface area contributed by atoms with Crippen molar-refractivity contribution in [3.05, 3.63) is 29.8 Å². The molecule has 0 heterocycles. The Balaban J connectivity index is 2.49. The number of anilines is 1. The van der Waals surface area contributed by atoms with Crippen LogP contribution in [0, 0.1) is 5.92 Å². The first-order valence-electron chi connectivity index (χ1n) is 6.11. The third-order valence-electron chi connectivity index (χ3n) is 2.78. The molecule has 3 nitrogen and oxygen atoms in total. The molecule has 0 bridgehead atoms. The molecule has 1 rings (SSSR count). The second kappa shape index (κ2) is 6.28. The highest BCUT2D eigenvalue weighted by molar-refractivity contribution is 5.94. The molecule has 0 saturated carbocycles. The van der Waals surface area contributed by atoms with Crippen molar-refractivity contribution in [1.82, 2.24) is 4.90 Å². The Morgan fingerprint density at radius 3 is 2.41 bits per heavy atom. The Kier molecular flexibility index (Phi) is 5.01. The minimum atomic E-state index is 0.0637. The van der Waals surface area contributed by atoms with Gasteiger partial charge in [0.05, 0.1) is 0 Å². The molecule has 0 spiro atoms. The van der Waals surface area contributed by atoms with Crippen LogP contribution in [-0.4, -0.2) is 24.4 Å². The van der Waals surface area contributed by atoms with E-state index in [0.717, 1.165) is 19.4 Å². The minimum Gasteiger partial charge on any atom is -0.399 e. The molecule has 94 valence electrons. The lowest BCUT2D eigenvalue weighted by Crippen LogP contribution is -2.27. The molecule has 0 fully saturated rings. The lowest BCUT2D eigenvalue weighted by Gasteiger charge is -2.17. The second-order valence-corrected chi connectivity index (χ2v) is 4.88. The Labute approximate surface area is 104 Å².